The Hall–Kier alpha value is -3.93. The molecule has 0 saturated carbocycles. The SMILES string of the molecule is CC(C)c1cccc(C(C)C)c1N1B(c2cccc(Oc3[c-]c4c(cc3)c3ccccc3n4-c3cc(C(C)(C)C)ccn3)n2)[N-]C(C)(C)C1(C)C.[Pt+2]. The molecule has 6 aromatic rings. The van der Waals surface area contributed by atoms with Gasteiger partial charge in [-0.1, -0.05) is 110 Å². The zero-order valence-corrected chi connectivity index (χ0v) is 34.6. The van der Waals surface area contributed by atoms with Crippen molar-refractivity contribution in [1.29, 1.82) is 0 Å². The molecule has 4 heterocycles. The van der Waals surface area contributed by atoms with Gasteiger partial charge in [0.2, 0.25) is 5.88 Å². The molecule has 6 nitrogen and oxygen atoms in total. The van der Waals surface area contributed by atoms with Gasteiger partial charge in [0.05, 0.1) is 0 Å². The molecule has 1 fully saturated rings. The molecule has 52 heavy (non-hydrogen) atoms. The molecule has 0 N–H and O–H groups in total. The van der Waals surface area contributed by atoms with Gasteiger partial charge in [-0.3, -0.25) is 0 Å². The topological polar surface area (TPSA) is 57.3 Å². The number of hydrogen-bond acceptors (Lipinski definition) is 4. The van der Waals surface area contributed by atoms with Gasteiger partial charge in [-0.15, -0.1) is 23.1 Å². The van der Waals surface area contributed by atoms with Crippen LogP contribution in [-0.2, 0) is 26.5 Å². The summed E-state index contributed by atoms with van der Waals surface area (Å²) in [6.45, 7) is 24.6. The molecule has 0 radical (unpaired) electrons. The first kappa shape index (κ1) is 37.8. The minimum Gasteiger partial charge on any atom is -0.654 e. The molecular formula is C44H50BN5OPt. The van der Waals surface area contributed by atoms with E-state index in [9.17, 15) is 0 Å². The van der Waals surface area contributed by atoms with Crippen LogP contribution in [-0.4, -0.2) is 32.6 Å². The Balaban J connectivity index is 0.00000464. The van der Waals surface area contributed by atoms with Crippen molar-refractivity contribution in [3.05, 3.63) is 119 Å². The van der Waals surface area contributed by atoms with Gasteiger partial charge in [0.15, 0.2) is 6.98 Å². The van der Waals surface area contributed by atoms with Crippen LogP contribution in [0.2, 0.25) is 0 Å². The number of anilines is 1. The van der Waals surface area contributed by atoms with Gasteiger partial charge >= 0.3 is 21.1 Å². The smallest absolute Gasteiger partial charge is 0.654 e. The first-order valence-corrected chi connectivity index (χ1v) is 18.3. The average molecular weight is 871 g/mol. The standard InChI is InChI=1S/C44H50BN5O.Pt/c1-28(2)32-17-14-18-33(29(3)4)41(32)50-44(10,11)43(8,9)48-45(50)38-20-15-21-40(47-38)51-31-22-23-35-34-16-12-13-19-36(34)49(37(35)27-31)39-26-30(24-25-46-39)42(5,6)7;/h12-26,28-29H,1-11H3;/q-2;+2. The minimum absolute atomic E-state index is 0. The maximum absolute atomic E-state index is 6.56. The van der Waals surface area contributed by atoms with Crippen molar-refractivity contribution < 1.29 is 25.8 Å². The van der Waals surface area contributed by atoms with E-state index < -0.39 is 0 Å². The fraction of sp³-hybridized carbons (Fsp3) is 0.364. The number of fused-ring (bicyclic) bond motifs is 3. The van der Waals surface area contributed by atoms with Crippen LogP contribution in [0.5, 0.6) is 11.6 Å². The Bertz CT molecular complexity index is 2220. The summed E-state index contributed by atoms with van der Waals surface area (Å²) in [5.74, 6) is 2.67. The molecule has 3 aromatic heterocycles. The van der Waals surface area contributed by atoms with Crippen molar-refractivity contribution >= 4 is 40.1 Å². The van der Waals surface area contributed by atoms with Gasteiger partial charge < -0.3 is 19.3 Å². The molecule has 3 aromatic carbocycles. The molecule has 8 heteroatoms. The zero-order chi connectivity index (χ0) is 36.5. The third-order valence-corrected chi connectivity index (χ3v) is 11.0. The molecule has 1 aliphatic rings. The summed E-state index contributed by atoms with van der Waals surface area (Å²) in [6, 6.07) is 33.2. The second-order valence-electron chi connectivity index (χ2n) is 16.7. The second-order valence-corrected chi connectivity index (χ2v) is 16.7. The van der Waals surface area contributed by atoms with Crippen LogP contribution in [0, 0.1) is 6.07 Å². The molecule has 270 valence electrons. The molecule has 1 saturated heterocycles. The summed E-state index contributed by atoms with van der Waals surface area (Å²) in [5, 5.41) is 7.72. The van der Waals surface area contributed by atoms with E-state index in [0.29, 0.717) is 23.5 Å². The Morgan fingerprint density at radius 3 is 2.15 bits per heavy atom. The van der Waals surface area contributed by atoms with Crippen LogP contribution in [0.15, 0.2) is 91.1 Å². The summed E-state index contributed by atoms with van der Waals surface area (Å²) in [5.41, 5.74) is 7.39. The predicted molar refractivity (Wildman–Crippen MR) is 214 cm³/mol. The van der Waals surface area contributed by atoms with Crippen LogP contribution >= 0.6 is 0 Å². The number of pyridine rings is 2. The number of benzene rings is 3. The van der Waals surface area contributed by atoms with E-state index in [2.05, 4.69) is 158 Å². The van der Waals surface area contributed by atoms with Crippen molar-refractivity contribution in [2.24, 2.45) is 0 Å². The quantitative estimate of drug-likeness (QED) is 0.118. The number of hydrogen-bond donors (Lipinski definition) is 0. The van der Waals surface area contributed by atoms with Crippen LogP contribution in [0.4, 0.5) is 5.69 Å². The molecule has 0 unspecified atom stereocenters. The Morgan fingerprint density at radius 1 is 0.808 bits per heavy atom. The van der Waals surface area contributed by atoms with E-state index in [-0.39, 0.29) is 44.5 Å². The van der Waals surface area contributed by atoms with E-state index in [1.807, 2.05) is 24.4 Å². The molecule has 0 amide bonds. The van der Waals surface area contributed by atoms with Crippen molar-refractivity contribution in [1.82, 2.24) is 14.5 Å². The number of rotatable bonds is 7. The van der Waals surface area contributed by atoms with E-state index in [1.54, 1.807) is 0 Å². The van der Waals surface area contributed by atoms with Crippen molar-refractivity contribution in [3.63, 3.8) is 0 Å². The average Bonchev–Trinajstić information content (AvgIpc) is 3.50. The van der Waals surface area contributed by atoms with E-state index in [1.165, 1.54) is 22.4 Å². The molecule has 0 aliphatic carbocycles. The number of aromatic nitrogens is 3. The third kappa shape index (κ3) is 6.49. The largest absolute Gasteiger partial charge is 2.00 e. The molecule has 7 rings (SSSR count). The molecule has 0 atom stereocenters. The van der Waals surface area contributed by atoms with Crippen LogP contribution in [0.3, 0.4) is 0 Å². The van der Waals surface area contributed by atoms with Gasteiger partial charge in [-0.25, -0.2) is 9.97 Å². The molecule has 1 aliphatic heterocycles. The minimum atomic E-state index is -0.334. The number of nitrogens with zero attached hydrogens (tertiary/aromatic N) is 5. The first-order chi connectivity index (χ1) is 24.1. The third-order valence-electron chi connectivity index (χ3n) is 11.0. The maximum atomic E-state index is 6.56. The zero-order valence-electron chi connectivity index (χ0n) is 32.4. The van der Waals surface area contributed by atoms with Crippen LogP contribution in [0.1, 0.15) is 105 Å². The van der Waals surface area contributed by atoms with Gasteiger partial charge in [-0.05, 0) is 77.4 Å². The van der Waals surface area contributed by atoms with E-state index >= 15 is 0 Å². The van der Waals surface area contributed by atoms with Gasteiger partial charge in [-0.2, -0.15) is 6.07 Å². The monoisotopic (exact) mass is 870 g/mol. The fourth-order valence-electron chi connectivity index (χ4n) is 7.43. The van der Waals surface area contributed by atoms with Gasteiger partial charge in [0.1, 0.15) is 5.82 Å². The normalized spacial score (nSPS) is 15.6. The van der Waals surface area contributed by atoms with E-state index in [0.717, 1.165) is 33.2 Å². The Kier molecular flexibility index (Phi) is 10.0. The van der Waals surface area contributed by atoms with Crippen LogP contribution < -0.4 is 15.1 Å². The van der Waals surface area contributed by atoms with Crippen molar-refractivity contribution in [2.45, 2.75) is 104 Å². The fourth-order valence-corrected chi connectivity index (χ4v) is 7.43. The van der Waals surface area contributed by atoms with Gasteiger partial charge in [0, 0.05) is 40.3 Å². The second kappa shape index (κ2) is 13.8. The summed E-state index contributed by atoms with van der Waals surface area (Å²) in [6.07, 6.45) is 1.90. The summed E-state index contributed by atoms with van der Waals surface area (Å²) in [7, 11) is 0. The Morgan fingerprint density at radius 2 is 1.48 bits per heavy atom. The van der Waals surface area contributed by atoms with Crippen molar-refractivity contribution in [2.75, 3.05) is 4.81 Å². The van der Waals surface area contributed by atoms with Crippen LogP contribution in [0.25, 0.3) is 32.9 Å². The maximum Gasteiger partial charge on any atom is 2.00 e. The molecule has 0 spiro atoms. The van der Waals surface area contributed by atoms with Gasteiger partial charge in [0.25, 0.3) is 0 Å². The molecule has 0 bridgehead atoms. The predicted octanol–water partition coefficient (Wildman–Crippen LogP) is 10.9. The number of para-hydroxylation sites is 2. The van der Waals surface area contributed by atoms with Crippen molar-refractivity contribution in [3.8, 4) is 17.4 Å². The summed E-state index contributed by atoms with van der Waals surface area (Å²) >= 11 is 0. The molecular weight excluding hydrogens is 820 g/mol. The summed E-state index contributed by atoms with van der Waals surface area (Å²) < 4.78 is 8.75. The number of ether oxygens (including phenoxy) is 1. The summed E-state index contributed by atoms with van der Waals surface area (Å²) in [4.78, 5) is 12.5. The first-order valence-electron chi connectivity index (χ1n) is 18.3. The van der Waals surface area contributed by atoms with E-state index in [4.69, 9.17) is 19.9 Å². The Labute approximate surface area is 324 Å².